The highest BCUT2D eigenvalue weighted by Gasteiger charge is 2.30. The summed E-state index contributed by atoms with van der Waals surface area (Å²) in [6, 6.07) is 3.75. The summed E-state index contributed by atoms with van der Waals surface area (Å²) in [7, 11) is 3.29. The van der Waals surface area contributed by atoms with E-state index in [9.17, 15) is 0 Å². The summed E-state index contributed by atoms with van der Waals surface area (Å²) in [6.45, 7) is 4.19. The fourth-order valence-corrected chi connectivity index (χ4v) is 2.24. The minimum absolute atomic E-state index is 0.0661. The van der Waals surface area contributed by atoms with Gasteiger partial charge in [0.15, 0.2) is 0 Å². The van der Waals surface area contributed by atoms with E-state index in [4.69, 9.17) is 9.47 Å². The largest absolute Gasteiger partial charge is 0.483 e. The van der Waals surface area contributed by atoms with Gasteiger partial charge in [0.25, 0.3) is 0 Å². The zero-order valence-corrected chi connectivity index (χ0v) is 12.4. The van der Waals surface area contributed by atoms with Crippen LogP contribution in [0.3, 0.4) is 0 Å². The molecule has 0 aliphatic carbocycles. The molecule has 0 bridgehead atoms. The van der Waals surface area contributed by atoms with Gasteiger partial charge >= 0.3 is 0 Å². The van der Waals surface area contributed by atoms with Crippen LogP contribution in [-0.2, 0) is 15.9 Å². The van der Waals surface area contributed by atoms with E-state index in [2.05, 4.69) is 28.8 Å². The molecule has 1 aromatic rings. The summed E-state index contributed by atoms with van der Waals surface area (Å²) in [4.78, 5) is 13.3. The van der Waals surface area contributed by atoms with Crippen molar-refractivity contribution in [1.82, 2.24) is 4.98 Å². The first-order chi connectivity index (χ1) is 9.65. The molecule has 0 aromatic carbocycles. The van der Waals surface area contributed by atoms with E-state index in [-0.39, 0.29) is 12.1 Å². The number of rotatable bonds is 3. The normalized spacial score (nSPS) is 22.2. The molecular formula is C15H21N3O2. The zero-order chi connectivity index (χ0) is 14.5. The van der Waals surface area contributed by atoms with Gasteiger partial charge in [-0.2, -0.15) is 0 Å². The maximum absolute atomic E-state index is 5.42. The second kappa shape index (κ2) is 6.50. The average molecular weight is 275 g/mol. The van der Waals surface area contributed by atoms with Crippen molar-refractivity contribution >= 4 is 11.8 Å². The lowest BCUT2D eigenvalue weighted by Crippen LogP contribution is -2.38. The van der Waals surface area contributed by atoms with Crippen LogP contribution in [0.25, 0.3) is 0 Å². The summed E-state index contributed by atoms with van der Waals surface area (Å²) in [6.07, 6.45) is 4.28. The first-order valence-corrected chi connectivity index (χ1v) is 6.78. The van der Waals surface area contributed by atoms with E-state index in [1.165, 1.54) is 0 Å². The fourth-order valence-electron chi connectivity index (χ4n) is 2.24. The molecule has 0 radical (unpaired) electrons. The number of pyridine rings is 1. The van der Waals surface area contributed by atoms with Crippen LogP contribution in [0.4, 0.5) is 0 Å². The monoisotopic (exact) mass is 275 g/mol. The van der Waals surface area contributed by atoms with Crippen LogP contribution in [0.1, 0.15) is 19.4 Å². The zero-order valence-electron chi connectivity index (χ0n) is 12.4. The SMILES string of the molecule is COC1=N[C@@H](C(C)C)C(OC)=N[C@H]1Cc1ccncc1. The molecule has 0 saturated heterocycles. The van der Waals surface area contributed by atoms with Crippen LogP contribution in [0.15, 0.2) is 34.5 Å². The molecule has 0 spiro atoms. The third-order valence-corrected chi connectivity index (χ3v) is 3.32. The Hall–Kier alpha value is -1.91. The molecule has 0 fully saturated rings. The number of hydrogen-bond donors (Lipinski definition) is 0. The molecule has 2 atom stereocenters. The van der Waals surface area contributed by atoms with E-state index >= 15 is 0 Å². The molecule has 0 amide bonds. The Morgan fingerprint density at radius 3 is 2.25 bits per heavy atom. The standard InChI is InChI=1S/C15H21N3O2/c1-10(2)13-15(20-4)17-12(14(18-13)19-3)9-11-5-7-16-8-6-11/h5-8,10,12-13H,9H2,1-4H3/t12-,13-/m0/s1. The predicted molar refractivity (Wildman–Crippen MR) is 79.2 cm³/mol. The van der Waals surface area contributed by atoms with Gasteiger partial charge in [-0.15, -0.1) is 0 Å². The van der Waals surface area contributed by atoms with Gasteiger partial charge in [0.1, 0.15) is 12.1 Å². The molecule has 2 heterocycles. The van der Waals surface area contributed by atoms with Gasteiger partial charge < -0.3 is 9.47 Å². The van der Waals surface area contributed by atoms with Gasteiger partial charge in [0.05, 0.1) is 14.2 Å². The van der Waals surface area contributed by atoms with Crippen molar-refractivity contribution in [3.05, 3.63) is 30.1 Å². The molecule has 1 aliphatic heterocycles. The number of nitrogens with zero attached hydrogens (tertiary/aromatic N) is 3. The third-order valence-electron chi connectivity index (χ3n) is 3.32. The minimum Gasteiger partial charge on any atom is -0.483 e. The van der Waals surface area contributed by atoms with Gasteiger partial charge in [-0.05, 0) is 23.6 Å². The maximum Gasteiger partial charge on any atom is 0.209 e. The lowest BCUT2D eigenvalue weighted by Gasteiger charge is -2.27. The van der Waals surface area contributed by atoms with Crippen molar-refractivity contribution in [2.45, 2.75) is 32.4 Å². The molecule has 0 unspecified atom stereocenters. The van der Waals surface area contributed by atoms with Crippen molar-refractivity contribution in [1.29, 1.82) is 0 Å². The van der Waals surface area contributed by atoms with Crippen molar-refractivity contribution < 1.29 is 9.47 Å². The molecule has 5 heteroatoms. The molecule has 1 aromatic heterocycles. The Morgan fingerprint density at radius 1 is 1.05 bits per heavy atom. The van der Waals surface area contributed by atoms with E-state index in [0.29, 0.717) is 17.7 Å². The molecule has 0 saturated carbocycles. The second-order valence-corrected chi connectivity index (χ2v) is 5.11. The highest BCUT2D eigenvalue weighted by Crippen LogP contribution is 2.19. The van der Waals surface area contributed by atoms with Crippen LogP contribution in [0, 0.1) is 5.92 Å². The Morgan fingerprint density at radius 2 is 1.70 bits per heavy atom. The van der Waals surface area contributed by atoms with Gasteiger partial charge in [-0.3, -0.25) is 4.98 Å². The van der Waals surface area contributed by atoms with E-state index in [1.54, 1.807) is 26.6 Å². The molecule has 0 N–H and O–H groups in total. The highest BCUT2D eigenvalue weighted by molar-refractivity contribution is 5.94. The average Bonchev–Trinajstić information content (AvgIpc) is 2.47. The van der Waals surface area contributed by atoms with Gasteiger partial charge in [-0.1, -0.05) is 13.8 Å². The highest BCUT2D eigenvalue weighted by atomic mass is 16.5. The first-order valence-electron chi connectivity index (χ1n) is 6.78. The summed E-state index contributed by atoms with van der Waals surface area (Å²) < 4.78 is 10.8. The Kier molecular flexibility index (Phi) is 4.71. The van der Waals surface area contributed by atoms with E-state index < -0.39 is 0 Å². The van der Waals surface area contributed by atoms with Crippen molar-refractivity contribution in [2.75, 3.05) is 14.2 Å². The van der Waals surface area contributed by atoms with Gasteiger partial charge in [0.2, 0.25) is 11.8 Å². The van der Waals surface area contributed by atoms with E-state index in [1.807, 2.05) is 12.1 Å². The molecule has 1 aliphatic rings. The summed E-state index contributed by atoms with van der Waals surface area (Å²) in [5.41, 5.74) is 1.15. The molecule has 108 valence electrons. The van der Waals surface area contributed by atoms with Crippen molar-refractivity contribution in [3.8, 4) is 0 Å². The Balaban J connectivity index is 2.23. The summed E-state index contributed by atoms with van der Waals surface area (Å²) >= 11 is 0. The molecule has 2 rings (SSSR count). The van der Waals surface area contributed by atoms with Crippen LogP contribution in [0.2, 0.25) is 0 Å². The Labute approximate surface area is 119 Å². The number of hydrogen-bond acceptors (Lipinski definition) is 5. The van der Waals surface area contributed by atoms with Crippen LogP contribution in [-0.4, -0.2) is 43.1 Å². The van der Waals surface area contributed by atoms with E-state index in [0.717, 1.165) is 12.0 Å². The number of methoxy groups -OCH3 is 2. The van der Waals surface area contributed by atoms with Crippen LogP contribution >= 0.6 is 0 Å². The lowest BCUT2D eigenvalue weighted by atomic mass is 10.0. The number of ether oxygens (including phenoxy) is 2. The topological polar surface area (TPSA) is 56.1 Å². The second-order valence-electron chi connectivity index (χ2n) is 5.11. The minimum atomic E-state index is -0.132. The third kappa shape index (κ3) is 3.15. The summed E-state index contributed by atoms with van der Waals surface area (Å²) in [5.74, 6) is 1.67. The fraction of sp³-hybridized carbons (Fsp3) is 0.533. The Bertz CT molecular complexity index is 497. The van der Waals surface area contributed by atoms with Crippen LogP contribution in [0.5, 0.6) is 0 Å². The molecule has 5 nitrogen and oxygen atoms in total. The summed E-state index contributed by atoms with van der Waals surface area (Å²) in [5, 5.41) is 0. The number of aromatic nitrogens is 1. The maximum atomic E-state index is 5.42. The van der Waals surface area contributed by atoms with Crippen molar-refractivity contribution in [2.24, 2.45) is 15.9 Å². The van der Waals surface area contributed by atoms with Gasteiger partial charge in [0, 0.05) is 18.8 Å². The number of aliphatic imine (C=N–C) groups is 2. The van der Waals surface area contributed by atoms with Crippen molar-refractivity contribution in [3.63, 3.8) is 0 Å². The quantitative estimate of drug-likeness (QED) is 0.849. The van der Waals surface area contributed by atoms with Gasteiger partial charge in [-0.25, -0.2) is 9.98 Å². The van der Waals surface area contributed by atoms with Crippen LogP contribution < -0.4 is 0 Å². The lowest BCUT2D eigenvalue weighted by molar-refractivity contribution is 0.332. The molecule has 20 heavy (non-hydrogen) atoms. The smallest absolute Gasteiger partial charge is 0.209 e. The predicted octanol–water partition coefficient (Wildman–Crippen LogP) is 2.12. The molecular weight excluding hydrogens is 254 g/mol. The first kappa shape index (κ1) is 14.5.